The number of rotatable bonds is 6. The largest absolute Gasteiger partial charge is 0.462 e. The Kier molecular flexibility index (Phi) is 8.31. The molecule has 6 rings (SSSR count). The highest BCUT2D eigenvalue weighted by Crippen LogP contribution is 2.37. The van der Waals surface area contributed by atoms with Gasteiger partial charge in [0.25, 0.3) is 0 Å². The summed E-state index contributed by atoms with van der Waals surface area (Å²) in [5, 5.41) is 2.94. The summed E-state index contributed by atoms with van der Waals surface area (Å²) in [5.41, 5.74) is 2.71. The number of benzene rings is 2. The van der Waals surface area contributed by atoms with Crippen molar-refractivity contribution in [2.24, 2.45) is 0 Å². The zero-order valence-corrected chi connectivity index (χ0v) is 26.7. The van der Waals surface area contributed by atoms with Crippen LogP contribution in [0.3, 0.4) is 0 Å². The van der Waals surface area contributed by atoms with E-state index in [1.54, 1.807) is 4.90 Å². The Morgan fingerprint density at radius 2 is 1.88 bits per heavy atom. The van der Waals surface area contributed by atoms with E-state index in [2.05, 4.69) is 53.1 Å². The smallest absolute Gasteiger partial charge is 0.410 e. The van der Waals surface area contributed by atoms with E-state index in [4.69, 9.17) is 31.0 Å². The van der Waals surface area contributed by atoms with E-state index >= 15 is 0 Å². The first kappa shape index (κ1) is 29.8. The molecule has 1 aromatic heterocycles. The first-order valence-corrected chi connectivity index (χ1v) is 15.8. The Morgan fingerprint density at radius 1 is 1.09 bits per heavy atom. The molecule has 4 heterocycles. The minimum atomic E-state index is -0.521. The summed E-state index contributed by atoms with van der Waals surface area (Å²) in [4.78, 5) is 31.5. The van der Waals surface area contributed by atoms with E-state index in [9.17, 15) is 4.79 Å². The molecule has 230 valence electrons. The number of carbonyl (C=O) groups excluding carboxylic acids is 1. The number of likely N-dealkylation sites (N-methyl/N-ethyl adjacent to an activating group) is 2. The van der Waals surface area contributed by atoms with Gasteiger partial charge in [0.1, 0.15) is 18.0 Å². The number of amides is 1. The summed E-state index contributed by atoms with van der Waals surface area (Å²) in [6, 6.07) is 13.3. The Hall–Kier alpha value is -3.30. The van der Waals surface area contributed by atoms with Crippen molar-refractivity contribution in [1.29, 1.82) is 0 Å². The van der Waals surface area contributed by atoms with Gasteiger partial charge in [-0.1, -0.05) is 35.9 Å². The standard InChI is InChI=1S/C33H43ClN6O3/c1-33(2,3)43-32(41)40-17-14-23(19-40)38(5)30-25-15-18-39(28-13-7-10-22-9-6-12-26(34)29(22)28)20-27(25)35-31(36-30)42-21-24-11-8-16-37(24)4/h6-7,9-10,12-13,23-24H,8,11,14-21H2,1-5H3/t23-,24-/m0/s1. The monoisotopic (exact) mass is 606 g/mol. The van der Waals surface area contributed by atoms with Gasteiger partial charge in [-0.3, -0.25) is 0 Å². The third-order valence-electron chi connectivity index (χ3n) is 8.97. The number of aromatic nitrogens is 2. The molecule has 1 amide bonds. The lowest BCUT2D eigenvalue weighted by Crippen LogP contribution is -2.40. The third kappa shape index (κ3) is 6.34. The molecule has 3 aliphatic rings. The van der Waals surface area contributed by atoms with Crippen molar-refractivity contribution in [2.45, 2.75) is 70.7 Å². The van der Waals surface area contributed by atoms with Crippen molar-refractivity contribution >= 4 is 40.0 Å². The van der Waals surface area contributed by atoms with Crippen molar-refractivity contribution in [3.8, 4) is 6.01 Å². The van der Waals surface area contributed by atoms with Gasteiger partial charge in [-0.2, -0.15) is 9.97 Å². The molecule has 2 atom stereocenters. The molecule has 3 aliphatic heterocycles. The van der Waals surface area contributed by atoms with Gasteiger partial charge >= 0.3 is 12.1 Å². The quantitative estimate of drug-likeness (QED) is 0.350. The Bertz CT molecular complexity index is 1490. The number of nitrogens with zero attached hydrogens (tertiary/aromatic N) is 6. The van der Waals surface area contributed by atoms with Crippen LogP contribution in [-0.2, 0) is 17.7 Å². The molecule has 43 heavy (non-hydrogen) atoms. The number of halogens is 1. The van der Waals surface area contributed by atoms with E-state index in [0.29, 0.717) is 38.3 Å². The van der Waals surface area contributed by atoms with Crippen LogP contribution in [0.15, 0.2) is 36.4 Å². The number of likely N-dealkylation sites (tertiary alicyclic amines) is 2. The number of carbonyl (C=O) groups is 1. The zero-order chi connectivity index (χ0) is 30.3. The highest BCUT2D eigenvalue weighted by atomic mass is 35.5. The molecule has 0 aliphatic carbocycles. The predicted octanol–water partition coefficient (Wildman–Crippen LogP) is 5.76. The van der Waals surface area contributed by atoms with E-state index in [1.165, 1.54) is 6.42 Å². The number of fused-ring (bicyclic) bond motifs is 2. The Balaban J connectivity index is 1.29. The number of anilines is 2. The molecular formula is C33H43ClN6O3. The van der Waals surface area contributed by atoms with Crippen molar-refractivity contribution in [2.75, 3.05) is 56.7 Å². The summed E-state index contributed by atoms with van der Waals surface area (Å²) >= 11 is 6.71. The van der Waals surface area contributed by atoms with Crippen LogP contribution in [0.1, 0.15) is 51.3 Å². The lowest BCUT2D eigenvalue weighted by atomic mass is 10.0. The summed E-state index contributed by atoms with van der Waals surface area (Å²) < 4.78 is 12.0. The molecule has 2 fully saturated rings. The zero-order valence-electron chi connectivity index (χ0n) is 26.0. The molecule has 0 N–H and O–H groups in total. The highest BCUT2D eigenvalue weighted by Gasteiger charge is 2.35. The van der Waals surface area contributed by atoms with Crippen molar-refractivity contribution in [3.05, 3.63) is 52.7 Å². The fourth-order valence-electron chi connectivity index (χ4n) is 6.57. The molecule has 2 aromatic carbocycles. The molecule has 2 saturated heterocycles. The van der Waals surface area contributed by atoms with Gasteiger partial charge in [-0.25, -0.2) is 4.79 Å². The topological polar surface area (TPSA) is 74.3 Å². The molecular weight excluding hydrogens is 564 g/mol. The first-order chi connectivity index (χ1) is 20.6. The van der Waals surface area contributed by atoms with E-state index in [0.717, 1.165) is 70.9 Å². The Morgan fingerprint density at radius 3 is 2.63 bits per heavy atom. The molecule has 0 radical (unpaired) electrons. The van der Waals surface area contributed by atoms with Gasteiger partial charge in [0.2, 0.25) is 0 Å². The van der Waals surface area contributed by atoms with Gasteiger partial charge in [-0.15, -0.1) is 0 Å². The summed E-state index contributed by atoms with van der Waals surface area (Å²) in [6.07, 6.45) is 3.68. The van der Waals surface area contributed by atoms with Crippen molar-refractivity contribution in [3.63, 3.8) is 0 Å². The van der Waals surface area contributed by atoms with Gasteiger partial charge in [0.15, 0.2) is 0 Å². The van der Waals surface area contributed by atoms with Crippen LogP contribution in [0.4, 0.5) is 16.3 Å². The van der Waals surface area contributed by atoms with Gasteiger partial charge < -0.3 is 29.1 Å². The van der Waals surface area contributed by atoms with Gasteiger partial charge in [0.05, 0.1) is 17.3 Å². The SMILES string of the molecule is CN1CCC[C@H]1COc1nc2c(c(N(C)[C@H]3CCN(C(=O)OC(C)(C)C)C3)n1)CCN(c1cccc3cccc(Cl)c13)C2. The van der Waals surface area contributed by atoms with E-state index < -0.39 is 5.60 Å². The van der Waals surface area contributed by atoms with Crippen LogP contribution in [0.25, 0.3) is 10.8 Å². The summed E-state index contributed by atoms with van der Waals surface area (Å²) in [5.74, 6) is 0.895. The second kappa shape index (κ2) is 12.0. The highest BCUT2D eigenvalue weighted by molar-refractivity contribution is 6.36. The minimum absolute atomic E-state index is 0.121. The number of hydrogen-bond acceptors (Lipinski definition) is 8. The van der Waals surface area contributed by atoms with E-state index in [1.807, 2.05) is 32.9 Å². The molecule has 3 aromatic rings. The molecule has 9 nitrogen and oxygen atoms in total. The van der Waals surface area contributed by atoms with Crippen LogP contribution >= 0.6 is 11.6 Å². The molecule has 0 bridgehead atoms. The second-order valence-corrected chi connectivity index (χ2v) is 13.5. The van der Waals surface area contributed by atoms with Crippen LogP contribution in [0.5, 0.6) is 6.01 Å². The van der Waals surface area contributed by atoms with Crippen molar-refractivity contribution < 1.29 is 14.3 Å². The maximum atomic E-state index is 12.8. The fraction of sp³-hybridized carbons (Fsp3) is 0.545. The van der Waals surface area contributed by atoms with Crippen LogP contribution in [-0.4, -0.2) is 90.4 Å². The summed E-state index contributed by atoms with van der Waals surface area (Å²) in [7, 11) is 4.23. The lowest BCUT2D eigenvalue weighted by Gasteiger charge is -2.35. The third-order valence-corrected chi connectivity index (χ3v) is 9.28. The maximum Gasteiger partial charge on any atom is 0.410 e. The average Bonchev–Trinajstić information content (AvgIpc) is 3.63. The maximum absolute atomic E-state index is 12.8. The minimum Gasteiger partial charge on any atom is -0.462 e. The molecule has 0 saturated carbocycles. The molecule has 0 unspecified atom stereocenters. The van der Waals surface area contributed by atoms with Crippen molar-refractivity contribution in [1.82, 2.24) is 19.8 Å². The molecule has 0 spiro atoms. The normalized spacial score (nSPS) is 20.9. The van der Waals surface area contributed by atoms with Gasteiger partial charge in [0, 0.05) is 55.4 Å². The lowest BCUT2D eigenvalue weighted by molar-refractivity contribution is 0.0292. The van der Waals surface area contributed by atoms with E-state index in [-0.39, 0.29) is 12.1 Å². The average molecular weight is 607 g/mol. The summed E-state index contributed by atoms with van der Waals surface area (Å²) in [6.45, 7) is 10.1. The van der Waals surface area contributed by atoms with Crippen LogP contribution < -0.4 is 14.5 Å². The predicted molar refractivity (Wildman–Crippen MR) is 172 cm³/mol. The Labute approximate surface area is 259 Å². The van der Waals surface area contributed by atoms with Crippen LogP contribution in [0, 0.1) is 0 Å². The number of ether oxygens (including phenoxy) is 2. The first-order valence-electron chi connectivity index (χ1n) is 15.4. The second-order valence-electron chi connectivity index (χ2n) is 13.1. The van der Waals surface area contributed by atoms with Crippen LogP contribution in [0.2, 0.25) is 5.02 Å². The fourth-order valence-corrected chi connectivity index (χ4v) is 6.85. The van der Waals surface area contributed by atoms with Gasteiger partial charge in [-0.05, 0) is 77.6 Å². The molecule has 10 heteroatoms. The number of hydrogen-bond donors (Lipinski definition) is 0.